The number of nitrogens with one attached hydrogen (secondary N) is 2. The Labute approximate surface area is 116 Å². The molecule has 2 N–H and O–H groups in total. The largest absolute Gasteiger partial charge is 0.338 e. The van der Waals surface area contributed by atoms with Crippen molar-refractivity contribution in [2.75, 3.05) is 45.8 Å². The third-order valence-corrected chi connectivity index (χ3v) is 4.01. The van der Waals surface area contributed by atoms with Gasteiger partial charge >= 0.3 is 6.03 Å². The molecule has 110 valence electrons. The monoisotopic (exact) mass is 268 g/mol. The number of hydrogen-bond donors (Lipinski definition) is 2. The average Bonchev–Trinajstić information content (AvgIpc) is 3.21. The Hall–Kier alpha value is -0.810. The van der Waals surface area contributed by atoms with E-state index in [1.807, 2.05) is 0 Å². The van der Waals surface area contributed by atoms with E-state index in [1.165, 1.54) is 13.1 Å². The summed E-state index contributed by atoms with van der Waals surface area (Å²) in [4.78, 5) is 16.5. The molecule has 1 atom stereocenters. The van der Waals surface area contributed by atoms with E-state index in [0.717, 1.165) is 45.6 Å². The van der Waals surface area contributed by atoms with E-state index in [2.05, 4.69) is 34.3 Å². The zero-order valence-corrected chi connectivity index (χ0v) is 12.3. The number of carbonyl (C=O) groups excluding carboxylic acids is 1. The summed E-state index contributed by atoms with van der Waals surface area (Å²) in [5.41, 5.74) is 0. The Morgan fingerprint density at radius 2 is 1.84 bits per heavy atom. The third-order valence-electron chi connectivity index (χ3n) is 4.01. The normalized spacial score (nSPS) is 23.1. The summed E-state index contributed by atoms with van der Waals surface area (Å²) in [6.07, 6.45) is 2.29. The van der Waals surface area contributed by atoms with Crippen LogP contribution < -0.4 is 10.6 Å². The van der Waals surface area contributed by atoms with Gasteiger partial charge < -0.3 is 20.4 Å². The number of rotatable bonds is 6. The van der Waals surface area contributed by atoms with Gasteiger partial charge in [0.1, 0.15) is 0 Å². The van der Waals surface area contributed by atoms with Crippen LogP contribution in [-0.4, -0.2) is 67.7 Å². The van der Waals surface area contributed by atoms with Crippen molar-refractivity contribution in [1.29, 1.82) is 0 Å². The number of carbonyl (C=O) groups is 1. The van der Waals surface area contributed by atoms with Crippen molar-refractivity contribution in [2.45, 2.75) is 32.7 Å². The molecule has 1 heterocycles. The first kappa shape index (κ1) is 14.6. The van der Waals surface area contributed by atoms with E-state index in [4.69, 9.17) is 0 Å². The summed E-state index contributed by atoms with van der Waals surface area (Å²) in [6.45, 7) is 12.1. The van der Waals surface area contributed by atoms with E-state index >= 15 is 0 Å². The first-order valence-corrected chi connectivity index (χ1v) is 7.66. The second-order valence-corrected chi connectivity index (χ2v) is 5.97. The molecular formula is C14H28N4O. The van der Waals surface area contributed by atoms with Crippen molar-refractivity contribution in [3.05, 3.63) is 0 Å². The van der Waals surface area contributed by atoms with Gasteiger partial charge in [-0.3, -0.25) is 0 Å². The van der Waals surface area contributed by atoms with Crippen LogP contribution in [0, 0.1) is 5.92 Å². The smallest absolute Gasteiger partial charge is 0.315 e. The molecule has 5 heteroatoms. The second kappa shape index (κ2) is 7.10. The summed E-state index contributed by atoms with van der Waals surface area (Å²) in [7, 11) is 0. The van der Waals surface area contributed by atoms with Gasteiger partial charge in [-0.1, -0.05) is 13.8 Å². The van der Waals surface area contributed by atoms with Crippen molar-refractivity contribution < 1.29 is 4.79 Å². The van der Waals surface area contributed by atoms with Gasteiger partial charge in [0.15, 0.2) is 0 Å². The Bertz CT molecular complexity index is 285. The highest BCUT2D eigenvalue weighted by Gasteiger charge is 2.23. The number of amides is 2. The van der Waals surface area contributed by atoms with Crippen molar-refractivity contribution >= 4 is 6.03 Å². The first-order valence-electron chi connectivity index (χ1n) is 7.66. The summed E-state index contributed by atoms with van der Waals surface area (Å²) in [5, 5.41) is 5.93. The van der Waals surface area contributed by atoms with Crippen LogP contribution in [0.1, 0.15) is 26.7 Å². The standard InChI is InChI=1S/C14H28N4O/c1-3-17-6-8-18(9-7-17)11-12(2)10-15-14(19)16-13-4-5-13/h12-13H,3-11H2,1-2H3,(H2,15,16,19)/t12-/m1/s1. The fraction of sp³-hybridized carbons (Fsp3) is 0.929. The maximum Gasteiger partial charge on any atom is 0.315 e. The molecule has 1 aliphatic carbocycles. The maximum atomic E-state index is 11.5. The van der Waals surface area contributed by atoms with Gasteiger partial charge in [-0.05, 0) is 25.3 Å². The van der Waals surface area contributed by atoms with Crippen molar-refractivity contribution in [2.24, 2.45) is 5.92 Å². The van der Waals surface area contributed by atoms with E-state index in [-0.39, 0.29) is 6.03 Å². The molecule has 0 bridgehead atoms. The number of likely N-dealkylation sites (N-methyl/N-ethyl adjacent to an activating group) is 1. The predicted octanol–water partition coefficient (Wildman–Crippen LogP) is 0.722. The quantitative estimate of drug-likeness (QED) is 0.746. The Kier molecular flexibility index (Phi) is 5.45. The van der Waals surface area contributed by atoms with Crippen LogP contribution in [0.4, 0.5) is 4.79 Å². The first-order chi connectivity index (χ1) is 9.17. The molecule has 2 rings (SSSR count). The number of nitrogens with zero attached hydrogens (tertiary/aromatic N) is 2. The van der Waals surface area contributed by atoms with Crippen LogP contribution in [0.25, 0.3) is 0 Å². The zero-order valence-electron chi connectivity index (χ0n) is 12.3. The molecule has 5 nitrogen and oxygen atoms in total. The lowest BCUT2D eigenvalue weighted by atomic mass is 10.1. The lowest BCUT2D eigenvalue weighted by Gasteiger charge is -2.35. The van der Waals surface area contributed by atoms with E-state index in [0.29, 0.717) is 12.0 Å². The van der Waals surface area contributed by atoms with E-state index in [1.54, 1.807) is 0 Å². The van der Waals surface area contributed by atoms with Gasteiger partial charge in [0.25, 0.3) is 0 Å². The summed E-state index contributed by atoms with van der Waals surface area (Å²) in [6, 6.07) is 0.447. The number of hydrogen-bond acceptors (Lipinski definition) is 3. The molecule has 0 spiro atoms. The molecule has 1 saturated heterocycles. The summed E-state index contributed by atoms with van der Waals surface area (Å²) < 4.78 is 0. The molecule has 1 saturated carbocycles. The van der Waals surface area contributed by atoms with Gasteiger partial charge in [-0.25, -0.2) is 4.79 Å². The van der Waals surface area contributed by atoms with Crippen LogP contribution in [0.2, 0.25) is 0 Å². The topological polar surface area (TPSA) is 47.6 Å². The highest BCUT2D eigenvalue weighted by molar-refractivity contribution is 5.74. The Balaban J connectivity index is 1.56. The molecule has 0 aromatic rings. The molecule has 2 aliphatic rings. The minimum absolute atomic E-state index is 0.00477. The fourth-order valence-corrected chi connectivity index (χ4v) is 2.52. The van der Waals surface area contributed by atoms with Crippen LogP contribution in [-0.2, 0) is 0 Å². The van der Waals surface area contributed by atoms with Crippen LogP contribution in [0.3, 0.4) is 0 Å². The third kappa shape index (κ3) is 5.37. The number of piperazine rings is 1. The SMILES string of the molecule is CCN1CCN(C[C@H](C)CNC(=O)NC2CC2)CC1. The highest BCUT2D eigenvalue weighted by Crippen LogP contribution is 2.18. The van der Waals surface area contributed by atoms with E-state index < -0.39 is 0 Å². The zero-order chi connectivity index (χ0) is 13.7. The van der Waals surface area contributed by atoms with Crippen molar-refractivity contribution in [3.8, 4) is 0 Å². The second-order valence-electron chi connectivity index (χ2n) is 5.97. The molecule has 2 amide bonds. The van der Waals surface area contributed by atoms with Crippen LogP contribution in [0.5, 0.6) is 0 Å². The molecule has 1 aliphatic heterocycles. The van der Waals surface area contributed by atoms with Gasteiger partial charge in [0.05, 0.1) is 0 Å². The minimum atomic E-state index is 0.00477. The highest BCUT2D eigenvalue weighted by atomic mass is 16.2. The number of urea groups is 1. The molecule has 0 radical (unpaired) electrons. The molecular weight excluding hydrogens is 240 g/mol. The van der Waals surface area contributed by atoms with Gasteiger partial charge in [0, 0.05) is 45.3 Å². The molecule has 0 unspecified atom stereocenters. The average molecular weight is 268 g/mol. The predicted molar refractivity (Wildman–Crippen MR) is 77.3 cm³/mol. The maximum absolute atomic E-state index is 11.5. The van der Waals surface area contributed by atoms with Crippen LogP contribution in [0.15, 0.2) is 0 Å². The van der Waals surface area contributed by atoms with Gasteiger partial charge in [-0.15, -0.1) is 0 Å². The Morgan fingerprint density at radius 1 is 1.21 bits per heavy atom. The van der Waals surface area contributed by atoms with E-state index in [9.17, 15) is 4.79 Å². The summed E-state index contributed by atoms with van der Waals surface area (Å²) >= 11 is 0. The van der Waals surface area contributed by atoms with Crippen LogP contribution >= 0.6 is 0 Å². The van der Waals surface area contributed by atoms with Gasteiger partial charge in [-0.2, -0.15) is 0 Å². The molecule has 0 aromatic heterocycles. The lowest BCUT2D eigenvalue weighted by Crippen LogP contribution is -2.48. The van der Waals surface area contributed by atoms with Crippen molar-refractivity contribution in [1.82, 2.24) is 20.4 Å². The molecule has 19 heavy (non-hydrogen) atoms. The van der Waals surface area contributed by atoms with Gasteiger partial charge in [0.2, 0.25) is 0 Å². The van der Waals surface area contributed by atoms with Crippen molar-refractivity contribution in [3.63, 3.8) is 0 Å². The Morgan fingerprint density at radius 3 is 2.42 bits per heavy atom. The minimum Gasteiger partial charge on any atom is -0.338 e. The lowest BCUT2D eigenvalue weighted by molar-refractivity contribution is 0.124. The molecule has 0 aromatic carbocycles. The fourth-order valence-electron chi connectivity index (χ4n) is 2.52. The summed E-state index contributed by atoms with van der Waals surface area (Å²) in [5.74, 6) is 0.512. The molecule has 2 fully saturated rings.